The minimum absolute atomic E-state index is 0.281. The van der Waals surface area contributed by atoms with Crippen LogP contribution < -0.4 is 5.32 Å². The molecule has 0 saturated carbocycles. The summed E-state index contributed by atoms with van der Waals surface area (Å²) in [5, 5.41) is 3.23. The van der Waals surface area contributed by atoms with Crippen molar-refractivity contribution >= 4 is 21.8 Å². The zero-order valence-electron chi connectivity index (χ0n) is 15.4. The van der Waals surface area contributed by atoms with Gasteiger partial charge in [-0.15, -0.1) is 0 Å². The van der Waals surface area contributed by atoms with Crippen LogP contribution in [0.2, 0.25) is 0 Å². The topological polar surface area (TPSA) is 91.3 Å². The zero-order valence-corrected chi connectivity index (χ0v) is 16.2. The van der Waals surface area contributed by atoms with Crippen molar-refractivity contribution in [3.05, 3.63) is 41.5 Å². The molecule has 27 heavy (non-hydrogen) atoms. The van der Waals surface area contributed by atoms with E-state index in [1.807, 2.05) is 25.1 Å². The maximum Gasteiger partial charge on any atom is 0.282 e. The van der Waals surface area contributed by atoms with Crippen LogP contribution in [-0.4, -0.2) is 51.6 Å². The maximum absolute atomic E-state index is 13.1. The van der Waals surface area contributed by atoms with Crippen molar-refractivity contribution in [1.29, 1.82) is 0 Å². The lowest BCUT2D eigenvalue weighted by Crippen LogP contribution is -2.47. The van der Waals surface area contributed by atoms with Crippen molar-refractivity contribution in [3.63, 3.8) is 0 Å². The molecule has 144 valence electrons. The molecule has 2 aromatic rings. The van der Waals surface area contributed by atoms with Crippen LogP contribution in [0.1, 0.15) is 36.3 Å². The maximum atomic E-state index is 13.1. The van der Waals surface area contributed by atoms with E-state index in [0.717, 1.165) is 30.5 Å². The highest BCUT2D eigenvalue weighted by molar-refractivity contribution is 7.86. The summed E-state index contributed by atoms with van der Waals surface area (Å²) in [6, 6.07) is 5.59. The lowest BCUT2D eigenvalue weighted by atomic mass is 10.1. The van der Waals surface area contributed by atoms with Gasteiger partial charge < -0.3 is 5.32 Å². The lowest BCUT2D eigenvalue weighted by molar-refractivity contribution is 0.294. The summed E-state index contributed by atoms with van der Waals surface area (Å²) < 4.78 is 29.3. The minimum Gasteiger partial charge on any atom is -0.325 e. The molecular weight excluding hydrogens is 364 g/mol. The molecule has 2 aromatic heterocycles. The third-order valence-corrected chi connectivity index (χ3v) is 7.00. The summed E-state index contributed by atoms with van der Waals surface area (Å²) in [5.41, 5.74) is 1.74. The minimum atomic E-state index is -3.46. The van der Waals surface area contributed by atoms with Gasteiger partial charge in [0.15, 0.2) is 0 Å². The van der Waals surface area contributed by atoms with Gasteiger partial charge in [0.1, 0.15) is 17.5 Å². The highest BCUT2D eigenvalue weighted by Crippen LogP contribution is 2.29. The van der Waals surface area contributed by atoms with Crippen LogP contribution in [0.15, 0.2) is 24.4 Å². The monoisotopic (exact) mass is 388 g/mol. The van der Waals surface area contributed by atoms with Crippen molar-refractivity contribution in [2.24, 2.45) is 0 Å². The number of aromatic nitrogens is 3. The van der Waals surface area contributed by atoms with Gasteiger partial charge in [0.25, 0.3) is 10.2 Å². The molecule has 0 bridgehead atoms. The second kappa shape index (κ2) is 7.49. The molecule has 0 aromatic carbocycles. The predicted octanol–water partition coefficient (Wildman–Crippen LogP) is 2.01. The van der Waals surface area contributed by atoms with Crippen molar-refractivity contribution in [2.75, 3.05) is 25.0 Å². The molecule has 4 heterocycles. The van der Waals surface area contributed by atoms with Crippen molar-refractivity contribution in [3.8, 4) is 0 Å². The molecule has 2 aliphatic heterocycles. The van der Waals surface area contributed by atoms with Crippen LogP contribution >= 0.6 is 0 Å². The van der Waals surface area contributed by atoms with E-state index in [9.17, 15) is 8.42 Å². The van der Waals surface area contributed by atoms with Gasteiger partial charge in [0.2, 0.25) is 0 Å². The average molecular weight is 388 g/mol. The van der Waals surface area contributed by atoms with E-state index in [4.69, 9.17) is 0 Å². The molecule has 8 nitrogen and oxygen atoms in total. The summed E-state index contributed by atoms with van der Waals surface area (Å²) >= 11 is 0. The summed E-state index contributed by atoms with van der Waals surface area (Å²) in [6.45, 7) is 3.79. The third kappa shape index (κ3) is 3.80. The van der Waals surface area contributed by atoms with Crippen molar-refractivity contribution in [2.45, 2.75) is 39.2 Å². The number of rotatable bonds is 4. The molecule has 1 saturated heterocycles. The number of hydrogen-bond acceptors (Lipinski definition) is 6. The Morgan fingerprint density at radius 1 is 1.04 bits per heavy atom. The van der Waals surface area contributed by atoms with Gasteiger partial charge in [0, 0.05) is 44.4 Å². The van der Waals surface area contributed by atoms with Crippen LogP contribution in [-0.2, 0) is 23.2 Å². The second-order valence-electron chi connectivity index (χ2n) is 6.94. The molecule has 1 fully saturated rings. The highest BCUT2D eigenvalue weighted by atomic mass is 32.2. The number of nitrogens with zero attached hydrogens (tertiary/aromatic N) is 5. The van der Waals surface area contributed by atoms with Crippen LogP contribution in [0, 0.1) is 6.92 Å². The van der Waals surface area contributed by atoms with E-state index in [0.29, 0.717) is 43.5 Å². The largest absolute Gasteiger partial charge is 0.325 e. The Morgan fingerprint density at radius 3 is 2.59 bits per heavy atom. The van der Waals surface area contributed by atoms with Crippen LogP contribution in [0.4, 0.5) is 11.6 Å². The molecule has 0 unspecified atom stereocenters. The fraction of sp³-hybridized carbons (Fsp3) is 0.500. The Morgan fingerprint density at radius 2 is 1.85 bits per heavy atom. The lowest BCUT2D eigenvalue weighted by Gasteiger charge is -2.34. The molecule has 0 aliphatic carbocycles. The van der Waals surface area contributed by atoms with E-state index >= 15 is 0 Å². The number of aryl methyl sites for hydroxylation is 1. The fourth-order valence-electron chi connectivity index (χ4n) is 3.63. The van der Waals surface area contributed by atoms with Gasteiger partial charge in [0.05, 0.1) is 5.69 Å². The number of pyridine rings is 1. The first-order chi connectivity index (χ1) is 13.0. The molecule has 0 atom stereocenters. The van der Waals surface area contributed by atoms with Gasteiger partial charge in [-0.3, -0.25) is 0 Å². The number of piperidine rings is 1. The van der Waals surface area contributed by atoms with E-state index in [-0.39, 0.29) is 6.54 Å². The normalized spacial score (nSPS) is 18.9. The molecular formula is C18H24N6O2S. The smallest absolute Gasteiger partial charge is 0.282 e. The Labute approximate surface area is 159 Å². The Balaban J connectivity index is 1.63. The van der Waals surface area contributed by atoms with E-state index in [1.165, 1.54) is 0 Å². The van der Waals surface area contributed by atoms with Crippen LogP contribution in [0.3, 0.4) is 0 Å². The number of fused-ring (bicyclic) bond motifs is 1. The number of nitrogens with one attached hydrogen (secondary N) is 1. The predicted molar refractivity (Wildman–Crippen MR) is 103 cm³/mol. The van der Waals surface area contributed by atoms with Crippen LogP contribution in [0.5, 0.6) is 0 Å². The first-order valence-electron chi connectivity index (χ1n) is 9.34. The fourth-order valence-corrected chi connectivity index (χ4v) is 5.29. The molecule has 0 spiro atoms. The highest BCUT2D eigenvalue weighted by Gasteiger charge is 2.34. The van der Waals surface area contributed by atoms with E-state index in [1.54, 1.807) is 14.8 Å². The molecule has 4 rings (SSSR count). The Bertz CT molecular complexity index is 913. The third-order valence-electron chi connectivity index (χ3n) is 5.02. The van der Waals surface area contributed by atoms with Gasteiger partial charge >= 0.3 is 0 Å². The first kappa shape index (κ1) is 18.3. The number of anilines is 2. The van der Waals surface area contributed by atoms with E-state index in [2.05, 4.69) is 20.3 Å². The molecule has 0 amide bonds. The van der Waals surface area contributed by atoms with Gasteiger partial charge in [-0.1, -0.05) is 12.5 Å². The van der Waals surface area contributed by atoms with Crippen molar-refractivity contribution < 1.29 is 8.42 Å². The van der Waals surface area contributed by atoms with Crippen molar-refractivity contribution in [1.82, 2.24) is 23.6 Å². The van der Waals surface area contributed by atoms with Gasteiger partial charge in [-0.05, 0) is 31.9 Å². The van der Waals surface area contributed by atoms with E-state index < -0.39 is 10.2 Å². The zero-order chi connectivity index (χ0) is 18.9. The molecule has 0 radical (unpaired) electrons. The average Bonchev–Trinajstić information content (AvgIpc) is 2.69. The summed E-state index contributed by atoms with van der Waals surface area (Å²) in [6.07, 6.45) is 5.25. The molecule has 2 aliphatic rings. The Kier molecular flexibility index (Phi) is 5.07. The quantitative estimate of drug-likeness (QED) is 0.862. The molecule has 1 N–H and O–H groups in total. The van der Waals surface area contributed by atoms with Crippen LogP contribution in [0.25, 0.3) is 0 Å². The number of hydrogen-bond donors (Lipinski definition) is 1. The molecule has 9 heteroatoms. The standard InChI is InChI=1S/C18H24N6O2S/c1-14-20-16-8-12-24(27(25,26)23-10-5-2-6-11-23)13-15(16)18(21-14)22-17-7-3-4-9-19-17/h3-4,7,9H,2,5-6,8,10-13H2,1H3,(H,19,20,21,22). The summed E-state index contributed by atoms with van der Waals surface area (Å²) in [4.78, 5) is 13.3. The summed E-state index contributed by atoms with van der Waals surface area (Å²) in [7, 11) is -3.46. The van der Waals surface area contributed by atoms with Gasteiger partial charge in [-0.2, -0.15) is 17.0 Å². The second-order valence-corrected chi connectivity index (χ2v) is 8.86. The summed E-state index contributed by atoms with van der Waals surface area (Å²) in [5.74, 6) is 1.98. The van der Waals surface area contributed by atoms with Gasteiger partial charge in [-0.25, -0.2) is 15.0 Å². The first-order valence-corrected chi connectivity index (χ1v) is 10.7. The SMILES string of the molecule is Cc1nc2c(c(Nc3ccccn3)n1)CN(S(=O)(=O)N1CCCCC1)CC2. The Hall–Kier alpha value is -2.10.